The van der Waals surface area contributed by atoms with E-state index < -0.39 is 0 Å². The summed E-state index contributed by atoms with van der Waals surface area (Å²) in [5.74, 6) is 0.0833. The van der Waals surface area contributed by atoms with Gasteiger partial charge in [-0.2, -0.15) is 0 Å². The lowest BCUT2D eigenvalue weighted by atomic mass is 10.2. The van der Waals surface area contributed by atoms with Gasteiger partial charge in [0, 0.05) is 20.1 Å². The zero-order valence-electron chi connectivity index (χ0n) is 10.0. The smallest absolute Gasteiger partial charge is 0.251 e. The average Bonchev–Trinajstić information content (AvgIpc) is 2.76. The van der Waals surface area contributed by atoms with Crippen LogP contribution in [0.1, 0.15) is 25.7 Å². The van der Waals surface area contributed by atoms with Crippen LogP contribution >= 0.6 is 0 Å². The zero-order chi connectivity index (χ0) is 12.0. The van der Waals surface area contributed by atoms with Crippen LogP contribution in [-0.2, 0) is 9.53 Å². The van der Waals surface area contributed by atoms with Gasteiger partial charge in [-0.1, -0.05) is 6.08 Å². The minimum Gasteiger partial charge on any atom is -0.364 e. The van der Waals surface area contributed by atoms with Crippen molar-refractivity contribution in [2.45, 2.75) is 37.9 Å². The number of hydrogen-bond donors (Lipinski definition) is 1. The van der Waals surface area contributed by atoms with Crippen LogP contribution in [0.15, 0.2) is 12.7 Å². The standard InChI is InChI=1S/C12H22N2O2/c1-3-4-5-8-14(2)12(15)11-7-6-10(9-13)16-11/h3,10-11H,1,4-9,13H2,2H3. The maximum Gasteiger partial charge on any atom is 0.251 e. The van der Waals surface area contributed by atoms with Crippen LogP contribution < -0.4 is 5.73 Å². The molecule has 0 aromatic heterocycles. The predicted octanol–water partition coefficient (Wildman–Crippen LogP) is 0.917. The van der Waals surface area contributed by atoms with Gasteiger partial charge in [-0.15, -0.1) is 6.58 Å². The van der Waals surface area contributed by atoms with Crippen LogP contribution in [0.2, 0.25) is 0 Å². The second-order valence-electron chi connectivity index (χ2n) is 4.25. The molecule has 0 aliphatic carbocycles. The fraction of sp³-hybridized carbons (Fsp3) is 0.750. The summed E-state index contributed by atoms with van der Waals surface area (Å²) in [5, 5.41) is 0. The summed E-state index contributed by atoms with van der Waals surface area (Å²) in [4.78, 5) is 13.7. The van der Waals surface area contributed by atoms with Gasteiger partial charge >= 0.3 is 0 Å². The van der Waals surface area contributed by atoms with Crippen molar-refractivity contribution < 1.29 is 9.53 Å². The number of carbonyl (C=O) groups is 1. The van der Waals surface area contributed by atoms with Gasteiger partial charge in [-0.05, 0) is 25.7 Å². The molecule has 1 rings (SSSR count). The Hall–Kier alpha value is -0.870. The van der Waals surface area contributed by atoms with Gasteiger partial charge < -0.3 is 15.4 Å². The first-order valence-corrected chi connectivity index (χ1v) is 5.90. The van der Waals surface area contributed by atoms with Crippen molar-refractivity contribution in [1.82, 2.24) is 4.90 Å². The minimum atomic E-state index is -0.276. The third-order valence-corrected chi connectivity index (χ3v) is 2.92. The number of rotatable bonds is 6. The Morgan fingerprint density at radius 1 is 1.62 bits per heavy atom. The van der Waals surface area contributed by atoms with Gasteiger partial charge in [0.25, 0.3) is 5.91 Å². The van der Waals surface area contributed by atoms with Crippen molar-refractivity contribution >= 4 is 5.91 Å². The van der Waals surface area contributed by atoms with Crippen molar-refractivity contribution in [2.24, 2.45) is 5.73 Å². The molecule has 4 nitrogen and oxygen atoms in total. The van der Waals surface area contributed by atoms with E-state index in [1.54, 1.807) is 4.90 Å². The molecule has 1 fully saturated rings. The summed E-state index contributed by atoms with van der Waals surface area (Å²) < 4.78 is 5.56. The summed E-state index contributed by atoms with van der Waals surface area (Å²) in [7, 11) is 1.82. The SMILES string of the molecule is C=CCCCN(C)C(=O)C1CCC(CN)O1. The monoisotopic (exact) mass is 226 g/mol. The topological polar surface area (TPSA) is 55.6 Å². The number of amides is 1. The van der Waals surface area contributed by atoms with E-state index in [1.165, 1.54) is 0 Å². The van der Waals surface area contributed by atoms with Crippen LogP contribution in [0.4, 0.5) is 0 Å². The van der Waals surface area contributed by atoms with E-state index in [-0.39, 0.29) is 18.1 Å². The van der Waals surface area contributed by atoms with E-state index in [4.69, 9.17) is 10.5 Å². The highest BCUT2D eigenvalue weighted by atomic mass is 16.5. The highest BCUT2D eigenvalue weighted by molar-refractivity contribution is 5.80. The summed E-state index contributed by atoms with van der Waals surface area (Å²) in [6.45, 7) is 4.92. The van der Waals surface area contributed by atoms with Gasteiger partial charge in [0.1, 0.15) is 6.10 Å². The molecule has 1 amide bonds. The first kappa shape index (κ1) is 13.2. The normalized spacial score (nSPS) is 24.4. The molecule has 1 aliphatic rings. The third kappa shape index (κ3) is 3.61. The van der Waals surface area contributed by atoms with Crippen molar-refractivity contribution in [2.75, 3.05) is 20.1 Å². The highest BCUT2D eigenvalue weighted by Gasteiger charge is 2.31. The Labute approximate surface area is 97.4 Å². The second-order valence-corrected chi connectivity index (χ2v) is 4.25. The molecule has 0 saturated carbocycles. The maximum absolute atomic E-state index is 11.9. The summed E-state index contributed by atoms with van der Waals surface area (Å²) in [5.41, 5.74) is 5.51. The van der Waals surface area contributed by atoms with Gasteiger partial charge in [0.2, 0.25) is 0 Å². The molecule has 16 heavy (non-hydrogen) atoms. The number of ether oxygens (including phenoxy) is 1. The molecule has 0 radical (unpaired) electrons. The minimum absolute atomic E-state index is 0.0653. The quantitative estimate of drug-likeness (QED) is 0.541. The lowest BCUT2D eigenvalue weighted by molar-refractivity contribution is -0.141. The number of unbranched alkanes of at least 4 members (excludes halogenated alkanes) is 1. The fourth-order valence-corrected chi connectivity index (χ4v) is 1.89. The van der Waals surface area contributed by atoms with Crippen molar-refractivity contribution in [3.63, 3.8) is 0 Å². The van der Waals surface area contributed by atoms with Crippen LogP contribution in [0.5, 0.6) is 0 Å². The van der Waals surface area contributed by atoms with Crippen molar-refractivity contribution in [1.29, 1.82) is 0 Å². The van der Waals surface area contributed by atoms with Crippen LogP contribution in [0, 0.1) is 0 Å². The van der Waals surface area contributed by atoms with Crippen LogP contribution in [-0.4, -0.2) is 43.2 Å². The molecule has 1 aliphatic heterocycles. The molecule has 92 valence electrons. The third-order valence-electron chi connectivity index (χ3n) is 2.92. The number of allylic oxidation sites excluding steroid dienone is 1. The molecule has 1 heterocycles. The van der Waals surface area contributed by atoms with E-state index in [9.17, 15) is 4.79 Å². The van der Waals surface area contributed by atoms with E-state index in [2.05, 4.69) is 6.58 Å². The summed E-state index contributed by atoms with van der Waals surface area (Å²) in [6.07, 6.45) is 5.25. The lowest BCUT2D eigenvalue weighted by Crippen LogP contribution is -2.37. The van der Waals surface area contributed by atoms with Crippen molar-refractivity contribution in [3.8, 4) is 0 Å². The number of carbonyl (C=O) groups excluding carboxylic acids is 1. The van der Waals surface area contributed by atoms with Crippen LogP contribution in [0.3, 0.4) is 0 Å². The predicted molar refractivity (Wildman–Crippen MR) is 64.0 cm³/mol. The lowest BCUT2D eigenvalue weighted by Gasteiger charge is -2.21. The Morgan fingerprint density at radius 2 is 2.38 bits per heavy atom. The molecule has 0 bridgehead atoms. The number of likely N-dealkylation sites (N-methyl/N-ethyl adjacent to an activating group) is 1. The number of hydrogen-bond acceptors (Lipinski definition) is 3. The maximum atomic E-state index is 11.9. The highest BCUT2D eigenvalue weighted by Crippen LogP contribution is 2.20. The molecule has 1 saturated heterocycles. The molecule has 4 heteroatoms. The molecular weight excluding hydrogens is 204 g/mol. The average molecular weight is 226 g/mol. The van der Waals surface area contributed by atoms with E-state index in [0.717, 1.165) is 32.2 Å². The first-order chi connectivity index (χ1) is 7.69. The summed E-state index contributed by atoms with van der Waals surface area (Å²) in [6, 6.07) is 0. The first-order valence-electron chi connectivity index (χ1n) is 5.90. The summed E-state index contributed by atoms with van der Waals surface area (Å²) >= 11 is 0. The van der Waals surface area contributed by atoms with E-state index in [0.29, 0.717) is 6.54 Å². The van der Waals surface area contributed by atoms with E-state index in [1.807, 2.05) is 13.1 Å². The zero-order valence-corrected chi connectivity index (χ0v) is 10.0. The molecule has 2 atom stereocenters. The van der Waals surface area contributed by atoms with E-state index >= 15 is 0 Å². The molecular formula is C12H22N2O2. The Morgan fingerprint density at radius 3 is 2.94 bits per heavy atom. The Kier molecular flexibility index (Phi) is 5.49. The number of nitrogens with two attached hydrogens (primary N) is 1. The van der Waals surface area contributed by atoms with Gasteiger partial charge in [-0.3, -0.25) is 4.79 Å². The Balaban J connectivity index is 2.30. The largest absolute Gasteiger partial charge is 0.364 e. The van der Waals surface area contributed by atoms with Crippen LogP contribution in [0.25, 0.3) is 0 Å². The van der Waals surface area contributed by atoms with Crippen molar-refractivity contribution in [3.05, 3.63) is 12.7 Å². The molecule has 2 unspecified atom stereocenters. The van der Waals surface area contributed by atoms with Gasteiger partial charge in [0.15, 0.2) is 0 Å². The molecule has 2 N–H and O–H groups in total. The van der Waals surface area contributed by atoms with Gasteiger partial charge in [0.05, 0.1) is 6.10 Å². The molecule has 0 spiro atoms. The van der Waals surface area contributed by atoms with Gasteiger partial charge in [-0.25, -0.2) is 0 Å². The molecule has 0 aromatic carbocycles. The Bertz CT molecular complexity index is 243. The fourth-order valence-electron chi connectivity index (χ4n) is 1.89. The number of nitrogens with zero attached hydrogens (tertiary/aromatic N) is 1. The molecule has 0 aromatic rings. The second kappa shape index (κ2) is 6.66.